The van der Waals surface area contributed by atoms with Crippen molar-refractivity contribution in [2.75, 3.05) is 26.2 Å². The van der Waals surface area contributed by atoms with Crippen molar-refractivity contribution >= 4 is 35.0 Å². The van der Waals surface area contributed by atoms with Crippen molar-refractivity contribution < 1.29 is 9.59 Å². The van der Waals surface area contributed by atoms with E-state index in [-0.39, 0.29) is 11.8 Å². The lowest BCUT2D eigenvalue weighted by molar-refractivity contribution is 0.0536. The van der Waals surface area contributed by atoms with Crippen LogP contribution in [0, 0.1) is 0 Å². The number of hydrogen-bond donors (Lipinski definition) is 0. The third-order valence-electron chi connectivity index (χ3n) is 8.02. The molecule has 3 heterocycles. The van der Waals surface area contributed by atoms with Crippen molar-refractivity contribution in [3.8, 4) is 33.9 Å². The van der Waals surface area contributed by atoms with Crippen LogP contribution in [0.15, 0.2) is 122 Å². The van der Waals surface area contributed by atoms with Gasteiger partial charge in [-0.2, -0.15) is 10.2 Å². The molecule has 228 valence electrons. The van der Waals surface area contributed by atoms with Crippen molar-refractivity contribution in [3.63, 3.8) is 0 Å². The number of carbonyl (C=O) groups is 2. The summed E-state index contributed by atoms with van der Waals surface area (Å²) in [7, 11) is 0. The Balaban J connectivity index is 1.14. The summed E-state index contributed by atoms with van der Waals surface area (Å²) in [6.45, 7) is 1.52. The molecule has 2 amide bonds. The van der Waals surface area contributed by atoms with Gasteiger partial charge in [-0.15, -0.1) is 0 Å². The Bertz CT molecular complexity index is 1850. The van der Waals surface area contributed by atoms with Gasteiger partial charge in [0.05, 0.1) is 22.5 Å². The predicted octanol–water partition coefficient (Wildman–Crippen LogP) is 7.30. The molecule has 1 fully saturated rings. The normalized spacial score (nSPS) is 13.2. The number of piperazine rings is 1. The van der Waals surface area contributed by atoms with Crippen LogP contribution < -0.4 is 0 Å². The smallest absolute Gasteiger partial charge is 0.257 e. The van der Waals surface area contributed by atoms with Gasteiger partial charge in [0.1, 0.15) is 11.4 Å². The summed E-state index contributed by atoms with van der Waals surface area (Å²) in [6.07, 6.45) is 3.55. The fourth-order valence-corrected chi connectivity index (χ4v) is 5.83. The number of amides is 2. The van der Waals surface area contributed by atoms with Gasteiger partial charge < -0.3 is 9.80 Å². The second-order valence-corrected chi connectivity index (χ2v) is 11.8. The van der Waals surface area contributed by atoms with Gasteiger partial charge in [-0.05, 0) is 48.5 Å². The molecule has 1 aliphatic heterocycles. The maximum atomic E-state index is 14.0. The summed E-state index contributed by atoms with van der Waals surface area (Å²) in [5.41, 5.74) is 5.40. The van der Waals surface area contributed by atoms with Gasteiger partial charge in [-0.25, -0.2) is 9.36 Å². The van der Waals surface area contributed by atoms with E-state index in [2.05, 4.69) is 0 Å². The molecular formula is C36H28Cl2N6O2. The quantitative estimate of drug-likeness (QED) is 0.190. The van der Waals surface area contributed by atoms with Crippen LogP contribution in [-0.2, 0) is 0 Å². The van der Waals surface area contributed by atoms with Gasteiger partial charge in [-0.1, -0.05) is 83.9 Å². The van der Waals surface area contributed by atoms with Crippen LogP contribution in [0.1, 0.15) is 20.7 Å². The summed E-state index contributed by atoms with van der Waals surface area (Å²) >= 11 is 12.3. The first kappa shape index (κ1) is 29.5. The molecule has 46 heavy (non-hydrogen) atoms. The maximum absolute atomic E-state index is 14.0. The molecule has 0 bridgehead atoms. The van der Waals surface area contributed by atoms with Crippen molar-refractivity contribution in [2.45, 2.75) is 0 Å². The zero-order chi connectivity index (χ0) is 31.6. The monoisotopic (exact) mass is 646 g/mol. The Kier molecular flexibility index (Phi) is 8.13. The van der Waals surface area contributed by atoms with E-state index in [1.165, 1.54) is 0 Å². The molecule has 0 N–H and O–H groups in total. The number of aromatic nitrogens is 4. The van der Waals surface area contributed by atoms with Crippen LogP contribution in [0.25, 0.3) is 33.9 Å². The van der Waals surface area contributed by atoms with E-state index in [1.54, 1.807) is 55.8 Å². The van der Waals surface area contributed by atoms with Crippen LogP contribution in [-0.4, -0.2) is 67.4 Å². The average Bonchev–Trinajstić information content (AvgIpc) is 3.76. The third kappa shape index (κ3) is 5.92. The first-order chi connectivity index (χ1) is 22.4. The number of para-hydroxylation sites is 2. The molecule has 8 nitrogen and oxygen atoms in total. The number of nitrogens with zero attached hydrogens (tertiary/aromatic N) is 6. The Morgan fingerprint density at radius 1 is 0.500 bits per heavy atom. The fourth-order valence-electron chi connectivity index (χ4n) is 5.58. The van der Waals surface area contributed by atoms with Gasteiger partial charge in [0.25, 0.3) is 11.8 Å². The van der Waals surface area contributed by atoms with Crippen molar-refractivity contribution in [1.29, 1.82) is 0 Å². The molecule has 1 aliphatic rings. The second-order valence-electron chi connectivity index (χ2n) is 10.9. The molecule has 0 atom stereocenters. The van der Waals surface area contributed by atoms with Gasteiger partial charge in [-0.3, -0.25) is 9.59 Å². The number of benzene rings is 4. The number of rotatable bonds is 6. The number of halogens is 2. The van der Waals surface area contributed by atoms with Crippen molar-refractivity contribution in [2.24, 2.45) is 0 Å². The lowest BCUT2D eigenvalue weighted by Crippen LogP contribution is -2.50. The van der Waals surface area contributed by atoms with Crippen LogP contribution in [0.5, 0.6) is 0 Å². The van der Waals surface area contributed by atoms with E-state index in [0.29, 0.717) is 58.7 Å². The average molecular weight is 648 g/mol. The van der Waals surface area contributed by atoms with E-state index in [1.807, 2.05) is 84.9 Å². The summed E-state index contributed by atoms with van der Waals surface area (Å²) < 4.78 is 3.44. The highest BCUT2D eigenvalue weighted by Crippen LogP contribution is 2.29. The van der Waals surface area contributed by atoms with E-state index < -0.39 is 0 Å². The predicted molar refractivity (Wildman–Crippen MR) is 180 cm³/mol. The lowest BCUT2D eigenvalue weighted by Gasteiger charge is -2.34. The number of hydrogen-bond acceptors (Lipinski definition) is 4. The Morgan fingerprint density at radius 3 is 1.20 bits per heavy atom. The van der Waals surface area contributed by atoms with Gasteiger partial charge in [0.2, 0.25) is 0 Å². The number of carbonyl (C=O) groups excluding carboxylic acids is 2. The van der Waals surface area contributed by atoms with Crippen molar-refractivity contribution in [1.82, 2.24) is 29.4 Å². The highest BCUT2D eigenvalue weighted by atomic mass is 35.5. The SMILES string of the molecule is O=C(c1cn(-c2ccccc2)nc1-c1ccc(Cl)cc1)N1CCN(C(=O)c2cn(-c3ccccc3)nc2-c2ccc(Cl)cc2)CC1. The first-order valence-corrected chi connectivity index (χ1v) is 15.6. The van der Waals surface area contributed by atoms with Crippen LogP contribution >= 0.6 is 23.2 Å². The van der Waals surface area contributed by atoms with Gasteiger partial charge >= 0.3 is 0 Å². The highest BCUT2D eigenvalue weighted by Gasteiger charge is 2.30. The largest absolute Gasteiger partial charge is 0.335 e. The van der Waals surface area contributed by atoms with E-state index >= 15 is 0 Å². The zero-order valence-electron chi connectivity index (χ0n) is 24.6. The molecule has 0 spiro atoms. The van der Waals surface area contributed by atoms with E-state index in [0.717, 1.165) is 22.5 Å². The molecule has 0 aliphatic carbocycles. The molecule has 7 rings (SSSR count). The van der Waals surface area contributed by atoms with Crippen LogP contribution in [0.2, 0.25) is 10.0 Å². The summed E-state index contributed by atoms with van der Waals surface area (Å²) in [5, 5.41) is 10.8. The standard InChI is InChI=1S/C36H28Cl2N6O2/c37-27-15-11-25(12-16-27)33-31(23-43(39-33)29-7-3-1-4-8-29)35(45)41-19-21-42(22-20-41)36(46)32-24-44(30-9-5-2-6-10-30)40-34(32)26-13-17-28(38)18-14-26/h1-18,23-24H,19-22H2. The lowest BCUT2D eigenvalue weighted by atomic mass is 10.1. The molecule has 1 saturated heterocycles. The van der Waals surface area contributed by atoms with Crippen LogP contribution in [0.4, 0.5) is 0 Å². The minimum absolute atomic E-state index is 0.141. The first-order valence-electron chi connectivity index (χ1n) is 14.9. The summed E-state index contributed by atoms with van der Waals surface area (Å²) in [5.74, 6) is -0.282. The molecule has 0 unspecified atom stereocenters. The van der Waals surface area contributed by atoms with Gasteiger partial charge in [0, 0.05) is 59.7 Å². The third-order valence-corrected chi connectivity index (χ3v) is 8.52. The molecule has 10 heteroatoms. The molecule has 0 saturated carbocycles. The Labute approximate surface area is 276 Å². The molecule has 2 aromatic heterocycles. The Morgan fingerprint density at radius 2 is 0.848 bits per heavy atom. The Hall–Kier alpha value is -5.18. The molecular weight excluding hydrogens is 619 g/mol. The molecule has 0 radical (unpaired) electrons. The molecule has 4 aromatic carbocycles. The topological polar surface area (TPSA) is 76.3 Å². The fraction of sp³-hybridized carbons (Fsp3) is 0.111. The highest BCUT2D eigenvalue weighted by molar-refractivity contribution is 6.31. The summed E-state index contributed by atoms with van der Waals surface area (Å²) in [4.78, 5) is 31.6. The van der Waals surface area contributed by atoms with Crippen LogP contribution in [0.3, 0.4) is 0 Å². The second kappa shape index (κ2) is 12.7. The van der Waals surface area contributed by atoms with Crippen molar-refractivity contribution in [3.05, 3.63) is 143 Å². The minimum Gasteiger partial charge on any atom is -0.335 e. The maximum Gasteiger partial charge on any atom is 0.257 e. The minimum atomic E-state index is -0.141. The zero-order valence-corrected chi connectivity index (χ0v) is 26.1. The van der Waals surface area contributed by atoms with E-state index in [9.17, 15) is 9.59 Å². The molecule has 6 aromatic rings. The summed E-state index contributed by atoms with van der Waals surface area (Å²) in [6, 6.07) is 33.9. The van der Waals surface area contributed by atoms with E-state index in [4.69, 9.17) is 33.4 Å². The van der Waals surface area contributed by atoms with Gasteiger partial charge in [0.15, 0.2) is 0 Å².